The van der Waals surface area contributed by atoms with Gasteiger partial charge < -0.3 is 26.2 Å². The third-order valence-electron chi connectivity index (χ3n) is 7.63. The fourth-order valence-corrected chi connectivity index (χ4v) is 5.94. The molecule has 5 rings (SSSR count). The van der Waals surface area contributed by atoms with Gasteiger partial charge in [-0.2, -0.15) is 0 Å². The van der Waals surface area contributed by atoms with Crippen LogP contribution < -0.4 is 5.73 Å². The predicted octanol–water partition coefficient (Wildman–Crippen LogP) is 1.22. The van der Waals surface area contributed by atoms with Crippen molar-refractivity contribution in [3.05, 3.63) is 64.4 Å². The molecule has 0 spiro atoms. The van der Waals surface area contributed by atoms with Crippen LogP contribution >= 0.6 is 0 Å². The maximum absolute atomic E-state index is 13.6. The van der Waals surface area contributed by atoms with Crippen molar-refractivity contribution in [1.82, 2.24) is 0 Å². The van der Waals surface area contributed by atoms with Crippen molar-refractivity contribution in [1.29, 1.82) is 0 Å². The average molecular weight is 477 g/mol. The highest BCUT2D eigenvalue weighted by Gasteiger charge is 2.62. The molecule has 2 aromatic carbocycles. The molecular weight excluding hydrogens is 454 g/mol. The molecule has 0 bridgehead atoms. The standard InChI is InChI=1S/C26H23NO8/c27-25(34)21-18(30)9-14-7-13-8-16-15(12-3-1-11(10-28)2-4-12)5-6-17(29)20(16)22(31)19(13)23(32)26(14,35)24(21)33/h1-6,10,13-14,18,21,29-30,32,35H,7-9H2,(H2,27,34)/t13-,14+,18?,21?,26+/m1/s1. The topological polar surface area (TPSA) is 175 Å². The number of rotatable bonds is 3. The molecule has 0 aromatic heterocycles. The maximum atomic E-state index is 13.6. The molecule has 1 fully saturated rings. The second kappa shape index (κ2) is 7.86. The third-order valence-corrected chi connectivity index (χ3v) is 7.63. The fraction of sp³-hybridized carbons (Fsp3) is 0.308. The summed E-state index contributed by atoms with van der Waals surface area (Å²) in [5.74, 6) is -7.39. The van der Waals surface area contributed by atoms with E-state index in [1.165, 1.54) is 6.07 Å². The molecule has 2 aromatic rings. The van der Waals surface area contributed by atoms with Crippen molar-refractivity contribution >= 4 is 23.8 Å². The zero-order valence-electron chi connectivity index (χ0n) is 18.5. The van der Waals surface area contributed by atoms with E-state index in [1.807, 2.05) is 0 Å². The summed E-state index contributed by atoms with van der Waals surface area (Å²) in [5, 5.41) is 43.3. The molecular formula is C26H23NO8. The second-order valence-corrected chi connectivity index (χ2v) is 9.46. The Hall–Kier alpha value is -3.82. The number of Topliss-reactive ketones (excluding diaryl/α,β-unsaturated/α-hetero) is 2. The third kappa shape index (κ3) is 3.15. The SMILES string of the molecule is NC(=O)C1C(=O)[C@@]2(O)C(O)=C3C(=O)c4c(O)ccc(-c5ccc(C=O)cc5)c4C[C@H]3C[C@H]2CC1O. The lowest BCUT2D eigenvalue weighted by Crippen LogP contribution is -2.63. The highest BCUT2D eigenvalue weighted by molar-refractivity contribution is 6.16. The van der Waals surface area contributed by atoms with Crippen LogP contribution in [0.3, 0.4) is 0 Å². The number of phenolic OH excluding ortho intramolecular Hbond substituents is 1. The number of allylic oxidation sites excluding steroid dienone is 1. The predicted molar refractivity (Wildman–Crippen MR) is 121 cm³/mol. The minimum atomic E-state index is -2.53. The highest BCUT2D eigenvalue weighted by Crippen LogP contribution is 2.52. The number of amides is 1. The smallest absolute Gasteiger partial charge is 0.230 e. The quantitative estimate of drug-likeness (QED) is 0.324. The van der Waals surface area contributed by atoms with Crippen LogP contribution in [0.4, 0.5) is 0 Å². The number of carbonyl (C=O) groups excluding carboxylic acids is 4. The summed E-state index contributed by atoms with van der Waals surface area (Å²) in [6.45, 7) is 0. The number of ketones is 2. The number of primary amides is 1. The van der Waals surface area contributed by atoms with Crippen LogP contribution in [0.25, 0.3) is 11.1 Å². The zero-order chi connectivity index (χ0) is 25.2. The molecule has 5 atom stereocenters. The Kier molecular flexibility index (Phi) is 5.15. The zero-order valence-corrected chi connectivity index (χ0v) is 18.5. The van der Waals surface area contributed by atoms with Crippen LogP contribution in [-0.4, -0.2) is 55.9 Å². The van der Waals surface area contributed by atoms with Gasteiger partial charge in [-0.15, -0.1) is 0 Å². The van der Waals surface area contributed by atoms with E-state index >= 15 is 0 Å². The van der Waals surface area contributed by atoms with E-state index in [-0.39, 0.29) is 36.1 Å². The Morgan fingerprint density at radius 2 is 1.74 bits per heavy atom. The van der Waals surface area contributed by atoms with Crippen molar-refractivity contribution in [2.24, 2.45) is 23.5 Å². The first-order valence-electron chi connectivity index (χ1n) is 11.2. The molecule has 9 heteroatoms. The van der Waals surface area contributed by atoms with E-state index in [0.717, 1.165) is 5.56 Å². The Morgan fingerprint density at radius 1 is 1.06 bits per heavy atom. The van der Waals surface area contributed by atoms with Crippen LogP contribution in [0.1, 0.15) is 39.1 Å². The monoisotopic (exact) mass is 477 g/mol. The molecule has 3 aliphatic carbocycles. The molecule has 6 N–H and O–H groups in total. The van der Waals surface area contributed by atoms with Crippen LogP contribution in [0, 0.1) is 17.8 Å². The molecule has 0 saturated heterocycles. The molecule has 0 aliphatic heterocycles. The summed E-state index contributed by atoms with van der Waals surface area (Å²) >= 11 is 0. The van der Waals surface area contributed by atoms with Gasteiger partial charge in [-0.3, -0.25) is 19.2 Å². The molecule has 3 aliphatic rings. The lowest BCUT2D eigenvalue weighted by molar-refractivity contribution is -0.167. The number of hydrogen-bond acceptors (Lipinski definition) is 8. The number of phenols is 1. The van der Waals surface area contributed by atoms with E-state index in [2.05, 4.69) is 0 Å². The van der Waals surface area contributed by atoms with Crippen molar-refractivity contribution in [2.75, 3.05) is 0 Å². The molecule has 35 heavy (non-hydrogen) atoms. The van der Waals surface area contributed by atoms with Gasteiger partial charge in [0.2, 0.25) is 5.91 Å². The van der Waals surface area contributed by atoms with Gasteiger partial charge in [-0.1, -0.05) is 30.3 Å². The normalized spacial score (nSPS) is 29.8. The highest BCUT2D eigenvalue weighted by atomic mass is 16.3. The minimum Gasteiger partial charge on any atom is -0.508 e. The van der Waals surface area contributed by atoms with Gasteiger partial charge in [-0.25, -0.2) is 0 Å². The number of aldehydes is 1. The van der Waals surface area contributed by atoms with Crippen LogP contribution in [0.5, 0.6) is 5.75 Å². The number of benzene rings is 2. The summed E-state index contributed by atoms with van der Waals surface area (Å²) < 4.78 is 0. The summed E-state index contributed by atoms with van der Waals surface area (Å²) in [6, 6.07) is 9.73. The lowest BCUT2D eigenvalue weighted by atomic mass is 9.57. The Labute approximate surface area is 199 Å². The first-order valence-corrected chi connectivity index (χ1v) is 11.2. The van der Waals surface area contributed by atoms with Crippen LogP contribution in [-0.2, 0) is 16.0 Å². The molecule has 0 radical (unpaired) electrons. The molecule has 1 saturated carbocycles. The van der Waals surface area contributed by atoms with Gasteiger partial charge in [0.05, 0.1) is 11.7 Å². The van der Waals surface area contributed by atoms with Crippen molar-refractivity contribution in [3.63, 3.8) is 0 Å². The van der Waals surface area contributed by atoms with Crippen LogP contribution in [0.15, 0.2) is 47.7 Å². The molecule has 1 amide bonds. The number of aliphatic hydroxyl groups excluding tert-OH is 2. The molecule has 9 nitrogen and oxygen atoms in total. The summed E-state index contributed by atoms with van der Waals surface area (Å²) in [4.78, 5) is 49.4. The number of carbonyl (C=O) groups is 4. The minimum absolute atomic E-state index is 0.0449. The lowest BCUT2D eigenvalue weighted by Gasteiger charge is -2.48. The average Bonchev–Trinajstić information content (AvgIpc) is 2.81. The second-order valence-electron chi connectivity index (χ2n) is 9.46. The molecule has 2 unspecified atom stereocenters. The maximum Gasteiger partial charge on any atom is 0.230 e. The van der Waals surface area contributed by atoms with Crippen molar-refractivity contribution in [2.45, 2.75) is 31.0 Å². The summed E-state index contributed by atoms with van der Waals surface area (Å²) in [7, 11) is 0. The number of aromatic hydroxyl groups is 1. The summed E-state index contributed by atoms with van der Waals surface area (Å²) in [6.07, 6.45) is -0.553. The van der Waals surface area contributed by atoms with Crippen molar-refractivity contribution < 1.29 is 39.6 Å². The van der Waals surface area contributed by atoms with E-state index in [0.29, 0.717) is 23.0 Å². The first kappa shape index (κ1) is 22.9. The number of fused-ring (bicyclic) bond motifs is 3. The van der Waals surface area contributed by atoms with E-state index in [9.17, 15) is 39.6 Å². The first-order chi connectivity index (χ1) is 16.6. The molecule has 180 valence electrons. The van der Waals surface area contributed by atoms with E-state index in [1.54, 1.807) is 30.3 Å². The number of aliphatic hydroxyl groups is 3. The Balaban J connectivity index is 1.66. The fourth-order valence-electron chi connectivity index (χ4n) is 5.94. The summed E-state index contributed by atoms with van der Waals surface area (Å²) in [5.41, 5.74) is 4.90. The number of hydrogen-bond donors (Lipinski definition) is 5. The van der Waals surface area contributed by atoms with Gasteiger partial charge >= 0.3 is 0 Å². The van der Waals surface area contributed by atoms with Gasteiger partial charge in [0.25, 0.3) is 0 Å². The van der Waals surface area contributed by atoms with Gasteiger partial charge in [0, 0.05) is 17.1 Å². The van der Waals surface area contributed by atoms with Gasteiger partial charge in [0.15, 0.2) is 17.2 Å². The van der Waals surface area contributed by atoms with E-state index in [4.69, 9.17) is 5.73 Å². The van der Waals surface area contributed by atoms with Crippen LogP contribution in [0.2, 0.25) is 0 Å². The molecule has 0 heterocycles. The van der Waals surface area contributed by atoms with Gasteiger partial charge in [0.1, 0.15) is 23.7 Å². The Bertz CT molecular complexity index is 1330. The largest absolute Gasteiger partial charge is 0.508 e. The Morgan fingerprint density at radius 3 is 2.37 bits per heavy atom. The van der Waals surface area contributed by atoms with Gasteiger partial charge in [-0.05, 0) is 47.9 Å². The van der Waals surface area contributed by atoms with Crippen molar-refractivity contribution in [3.8, 4) is 16.9 Å². The number of nitrogens with two attached hydrogens (primary N) is 1. The van der Waals surface area contributed by atoms with E-state index < -0.39 is 52.7 Å².